The number of piperazine rings is 1. The molecule has 0 radical (unpaired) electrons. The Labute approximate surface area is 195 Å². The number of rotatable bonds is 2. The predicted molar refractivity (Wildman–Crippen MR) is 131 cm³/mol. The van der Waals surface area contributed by atoms with E-state index in [9.17, 15) is 4.79 Å². The van der Waals surface area contributed by atoms with Crippen LogP contribution in [0.15, 0.2) is 36.4 Å². The molecule has 8 heteroatoms. The molecule has 0 atom stereocenters. The van der Waals surface area contributed by atoms with Gasteiger partial charge in [-0.25, -0.2) is 0 Å². The minimum Gasteiger partial charge on any atom is -0.345 e. The van der Waals surface area contributed by atoms with Gasteiger partial charge in [0.1, 0.15) is 4.88 Å². The highest BCUT2D eigenvalue weighted by Gasteiger charge is 2.27. The van der Waals surface area contributed by atoms with Crippen LogP contribution in [0.1, 0.15) is 20.8 Å². The number of carbonyl (C=O) groups excluding carboxylic acids is 1. The third-order valence-corrected chi connectivity index (χ3v) is 7.73. The fourth-order valence-corrected chi connectivity index (χ4v) is 5.56. The second-order valence-electron chi connectivity index (χ2n) is 7.34. The van der Waals surface area contributed by atoms with Gasteiger partial charge in [0.05, 0.1) is 5.02 Å². The van der Waals surface area contributed by atoms with E-state index < -0.39 is 0 Å². The fraction of sp³-hybridized carbons (Fsp3) is 0.273. The molecule has 0 saturated carbocycles. The number of hydrogen-bond acceptors (Lipinski definition) is 3. The number of thiophene rings is 1. The van der Waals surface area contributed by atoms with E-state index in [-0.39, 0.29) is 5.91 Å². The van der Waals surface area contributed by atoms with Crippen LogP contribution in [0.25, 0.3) is 10.1 Å². The first-order chi connectivity index (χ1) is 14.3. The first kappa shape index (κ1) is 21.4. The molecule has 0 bridgehead atoms. The number of fused-ring (bicyclic) bond motifs is 1. The quantitative estimate of drug-likeness (QED) is 0.460. The second kappa shape index (κ2) is 8.71. The number of hydrogen-bond donors (Lipinski definition) is 1. The molecule has 3 aromatic rings. The van der Waals surface area contributed by atoms with Crippen LogP contribution in [-0.4, -0.2) is 47.0 Å². The van der Waals surface area contributed by atoms with Crippen molar-refractivity contribution in [1.82, 2.24) is 9.80 Å². The third-order valence-electron chi connectivity index (χ3n) is 5.49. The normalized spacial score (nSPS) is 14.3. The molecule has 1 fully saturated rings. The zero-order valence-corrected chi connectivity index (χ0v) is 19.8. The molecule has 1 amide bonds. The van der Waals surface area contributed by atoms with Gasteiger partial charge in [-0.2, -0.15) is 0 Å². The molecule has 0 spiro atoms. The monoisotopic (exact) mass is 477 g/mol. The zero-order valence-electron chi connectivity index (χ0n) is 16.7. The van der Waals surface area contributed by atoms with Crippen LogP contribution in [0.5, 0.6) is 0 Å². The van der Waals surface area contributed by atoms with Crippen LogP contribution in [0, 0.1) is 13.8 Å². The molecule has 1 saturated heterocycles. The topological polar surface area (TPSA) is 35.6 Å². The predicted octanol–water partition coefficient (Wildman–Crippen LogP) is 5.98. The Bertz CT molecular complexity index is 1140. The summed E-state index contributed by atoms with van der Waals surface area (Å²) in [4.78, 5) is 17.6. The van der Waals surface area contributed by atoms with E-state index in [0.717, 1.165) is 15.8 Å². The number of amides is 1. The Morgan fingerprint density at radius 2 is 1.77 bits per heavy atom. The van der Waals surface area contributed by atoms with Crippen LogP contribution >= 0.6 is 46.8 Å². The molecular weight excluding hydrogens is 457 g/mol. The number of halogens is 2. The molecule has 1 aliphatic heterocycles. The van der Waals surface area contributed by atoms with Crippen molar-refractivity contribution in [2.75, 3.05) is 31.5 Å². The second-order valence-corrected chi connectivity index (χ2v) is 9.60. The Hall–Kier alpha value is -1.86. The van der Waals surface area contributed by atoms with Crippen LogP contribution < -0.4 is 5.32 Å². The standard InChI is InChI=1S/C22H21Cl2N3OS2/c1-13-4-3-5-17(14(13)2)25-22(29)27-10-8-26(9-11-27)21(28)20-19(24)16-7-6-15(23)12-18(16)30-20/h3-7,12H,8-11H2,1-2H3,(H,25,29). The molecule has 0 aliphatic carbocycles. The van der Waals surface area contributed by atoms with Crippen molar-refractivity contribution >= 4 is 73.5 Å². The van der Waals surface area contributed by atoms with Gasteiger partial charge in [0.25, 0.3) is 5.91 Å². The molecule has 156 valence electrons. The van der Waals surface area contributed by atoms with E-state index in [1.165, 1.54) is 22.5 Å². The van der Waals surface area contributed by atoms with Gasteiger partial charge in [0.15, 0.2) is 5.11 Å². The van der Waals surface area contributed by atoms with Crippen molar-refractivity contribution in [2.24, 2.45) is 0 Å². The lowest BCUT2D eigenvalue weighted by molar-refractivity contribution is 0.0698. The number of benzene rings is 2. The molecule has 4 nitrogen and oxygen atoms in total. The largest absolute Gasteiger partial charge is 0.345 e. The summed E-state index contributed by atoms with van der Waals surface area (Å²) in [6.07, 6.45) is 0. The van der Waals surface area contributed by atoms with Gasteiger partial charge in [0.2, 0.25) is 0 Å². The smallest absolute Gasteiger partial charge is 0.265 e. The maximum Gasteiger partial charge on any atom is 0.265 e. The average molecular weight is 478 g/mol. The van der Waals surface area contributed by atoms with Crippen LogP contribution in [0.3, 0.4) is 0 Å². The summed E-state index contributed by atoms with van der Waals surface area (Å²) in [5.41, 5.74) is 3.43. The maximum absolute atomic E-state index is 13.1. The molecule has 1 aromatic heterocycles. The van der Waals surface area contributed by atoms with Crippen molar-refractivity contribution in [3.63, 3.8) is 0 Å². The van der Waals surface area contributed by atoms with E-state index in [1.807, 2.05) is 29.2 Å². The van der Waals surface area contributed by atoms with E-state index in [1.54, 1.807) is 6.07 Å². The number of anilines is 1. The lowest BCUT2D eigenvalue weighted by atomic mass is 10.1. The maximum atomic E-state index is 13.1. The highest BCUT2D eigenvalue weighted by atomic mass is 35.5. The van der Waals surface area contributed by atoms with Crippen molar-refractivity contribution in [1.29, 1.82) is 0 Å². The Balaban J connectivity index is 1.42. The lowest BCUT2D eigenvalue weighted by Crippen LogP contribution is -2.51. The number of nitrogens with one attached hydrogen (secondary N) is 1. The number of carbonyl (C=O) groups is 1. The molecule has 4 rings (SSSR count). The summed E-state index contributed by atoms with van der Waals surface area (Å²) in [5, 5.41) is 6.05. The molecule has 2 aromatic carbocycles. The lowest BCUT2D eigenvalue weighted by Gasteiger charge is -2.36. The summed E-state index contributed by atoms with van der Waals surface area (Å²) < 4.78 is 0.924. The summed E-state index contributed by atoms with van der Waals surface area (Å²) in [7, 11) is 0. The minimum absolute atomic E-state index is 0.0367. The Morgan fingerprint density at radius 1 is 1.07 bits per heavy atom. The number of thiocarbonyl (C=S) groups is 1. The van der Waals surface area contributed by atoms with Gasteiger partial charge in [0, 0.05) is 47.0 Å². The van der Waals surface area contributed by atoms with Crippen molar-refractivity contribution in [3.05, 3.63) is 62.4 Å². The van der Waals surface area contributed by atoms with Gasteiger partial charge in [-0.3, -0.25) is 4.79 Å². The SMILES string of the molecule is Cc1cccc(NC(=S)N2CCN(C(=O)c3sc4cc(Cl)ccc4c3Cl)CC2)c1C. The molecular formula is C22H21Cl2N3OS2. The minimum atomic E-state index is -0.0367. The van der Waals surface area contributed by atoms with E-state index >= 15 is 0 Å². The summed E-state index contributed by atoms with van der Waals surface area (Å²) in [6, 6.07) is 11.6. The van der Waals surface area contributed by atoms with Crippen LogP contribution in [0.2, 0.25) is 10.0 Å². The van der Waals surface area contributed by atoms with E-state index in [4.69, 9.17) is 35.4 Å². The van der Waals surface area contributed by atoms with Gasteiger partial charge in [-0.15, -0.1) is 11.3 Å². The van der Waals surface area contributed by atoms with Crippen LogP contribution in [0.4, 0.5) is 5.69 Å². The van der Waals surface area contributed by atoms with Gasteiger partial charge < -0.3 is 15.1 Å². The van der Waals surface area contributed by atoms with E-state index in [2.05, 4.69) is 30.1 Å². The molecule has 1 N–H and O–H groups in total. The Kier molecular flexibility index (Phi) is 6.21. The van der Waals surface area contributed by atoms with Gasteiger partial charge in [-0.05, 0) is 55.4 Å². The number of nitrogens with zero attached hydrogens (tertiary/aromatic N) is 2. The zero-order chi connectivity index (χ0) is 21.4. The first-order valence-corrected chi connectivity index (χ1v) is 11.6. The van der Waals surface area contributed by atoms with Crippen molar-refractivity contribution in [3.8, 4) is 0 Å². The molecule has 30 heavy (non-hydrogen) atoms. The number of aryl methyl sites for hydroxylation is 1. The van der Waals surface area contributed by atoms with Crippen LogP contribution in [-0.2, 0) is 0 Å². The summed E-state index contributed by atoms with van der Waals surface area (Å²) in [6.45, 7) is 6.71. The van der Waals surface area contributed by atoms with E-state index in [0.29, 0.717) is 46.2 Å². The Morgan fingerprint density at radius 3 is 2.50 bits per heavy atom. The van der Waals surface area contributed by atoms with Gasteiger partial charge >= 0.3 is 0 Å². The summed E-state index contributed by atoms with van der Waals surface area (Å²) >= 11 is 19.6. The average Bonchev–Trinajstić information content (AvgIpc) is 3.06. The van der Waals surface area contributed by atoms with Crippen molar-refractivity contribution < 1.29 is 4.79 Å². The third kappa shape index (κ3) is 4.14. The highest BCUT2D eigenvalue weighted by Crippen LogP contribution is 2.37. The molecule has 1 aliphatic rings. The molecule has 0 unspecified atom stereocenters. The highest BCUT2D eigenvalue weighted by molar-refractivity contribution is 7.80. The molecule has 2 heterocycles. The van der Waals surface area contributed by atoms with Crippen molar-refractivity contribution in [2.45, 2.75) is 13.8 Å². The summed E-state index contributed by atoms with van der Waals surface area (Å²) in [5.74, 6) is -0.0367. The van der Waals surface area contributed by atoms with Gasteiger partial charge in [-0.1, -0.05) is 41.4 Å². The fourth-order valence-electron chi connectivity index (χ4n) is 3.51. The first-order valence-electron chi connectivity index (χ1n) is 9.64.